The molecule has 0 radical (unpaired) electrons. The highest BCUT2D eigenvalue weighted by atomic mass is 32.1. The van der Waals surface area contributed by atoms with Gasteiger partial charge in [-0.3, -0.25) is 9.59 Å². The number of hydrogen-bond donors (Lipinski definition) is 1. The highest BCUT2D eigenvalue weighted by Gasteiger charge is 2.36. The minimum atomic E-state index is -0.608. The highest BCUT2D eigenvalue weighted by Crippen LogP contribution is 2.32. The summed E-state index contributed by atoms with van der Waals surface area (Å²) in [7, 11) is 1.63. The topological polar surface area (TPSA) is 97.6 Å². The van der Waals surface area contributed by atoms with Gasteiger partial charge in [0.05, 0.1) is 11.6 Å². The molecule has 1 aliphatic rings. The van der Waals surface area contributed by atoms with Crippen molar-refractivity contribution in [1.29, 1.82) is 0 Å². The van der Waals surface area contributed by atoms with E-state index >= 15 is 0 Å². The van der Waals surface area contributed by atoms with Gasteiger partial charge in [-0.2, -0.15) is 0 Å². The van der Waals surface area contributed by atoms with Gasteiger partial charge < -0.3 is 19.3 Å². The molecule has 2 aromatic heterocycles. The van der Waals surface area contributed by atoms with Crippen LogP contribution in [-0.2, 0) is 11.2 Å². The van der Waals surface area contributed by atoms with Gasteiger partial charge in [0.2, 0.25) is 5.43 Å². The summed E-state index contributed by atoms with van der Waals surface area (Å²) in [6, 6.07) is 7.99. The first kappa shape index (κ1) is 23.1. The van der Waals surface area contributed by atoms with Gasteiger partial charge in [0.25, 0.3) is 5.91 Å². The van der Waals surface area contributed by atoms with E-state index in [4.69, 9.17) is 4.74 Å². The lowest BCUT2D eigenvalue weighted by Crippen LogP contribution is -2.47. The van der Waals surface area contributed by atoms with E-state index in [1.165, 1.54) is 16.9 Å². The summed E-state index contributed by atoms with van der Waals surface area (Å²) in [5.41, 5.74) is 1.95. The number of hydrogen-bond acceptors (Lipinski definition) is 7. The number of aromatic hydroxyl groups is 1. The van der Waals surface area contributed by atoms with Gasteiger partial charge in [0, 0.05) is 38.9 Å². The van der Waals surface area contributed by atoms with Gasteiger partial charge in [-0.15, -0.1) is 10.2 Å². The molecule has 0 aliphatic carbocycles. The summed E-state index contributed by atoms with van der Waals surface area (Å²) in [6.45, 7) is 6.84. The maximum Gasteiger partial charge on any atom is 0.274 e. The van der Waals surface area contributed by atoms with Crippen molar-refractivity contribution in [1.82, 2.24) is 19.7 Å². The van der Waals surface area contributed by atoms with Crippen molar-refractivity contribution >= 4 is 17.2 Å². The molecular weight excluding hydrogens is 440 g/mol. The molecule has 4 rings (SSSR count). The third-order valence-corrected chi connectivity index (χ3v) is 6.88. The van der Waals surface area contributed by atoms with Crippen molar-refractivity contribution in [2.24, 2.45) is 0 Å². The molecule has 1 aliphatic heterocycles. The van der Waals surface area contributed by atoms with Crippen molar-refractivity contribution in [2.45, 2.75) is 45.7 Å². The molecular formula is C24H28N4O4S. The Morgan fingerprint density at radius 1 is 1.21 bits per heavy atom. The fourth-order valence-corrected chi connectivity index (χ4v) is 4.93. The van der Waals surface area contributed by atoms with Crippen molar-refractivity contribution in [2.75, 3.05) is 20.3 Å². The Morgan fingerprint density at radius 2 is 1.94 bits per heavy atom. The molecule has 9 heteroatoms. The van der Waals surface area contributed by atoms with Gasteiger partial charge >= 0.3 is 0 Å². The Hall–Kier alpha value is -3.04. The van der Waals surface area contributed by atoms with Gasteiger partial charge in [-0.25, -0.2) is 0 Å². The molecule has 1 amide bonds. The van der Waals surface area contributed by atoms with E-state index in [9.17, 15) is 14.7 Å². The minimum absolute atomic E-state index is 0.0224. The SMILES string of the molecule is COCC[C@H]1CN(C(C)C)C(=O)c2c(O)c(=O)c(-c3nnc(Cc4ccc(C)cc4)s3)cn21. The number of benzene rings is 1. The van der Waals surface area contributed by atoms with Crippen molar-refractivity contribution in [3.63, 3.8) is 0 Å². The van der Waals surface area contributed by atoms with E-state index in [0.717, 1.165) is 10.6 Å². The number of pyridine rings is 1. The second-order valence-corrected chi connectivity index (χ2v) is 9.69. The summed E-state index contributed by atoms with van der Waals surface area (Å²) in [5.74, 6) is -0.891. The first-order valence-electron chi connectivity index (χ1n) is 11.0. The van der Waals surface area contributed by atoms with Crippen LogP contribution in [0.25, 0.3) is 10.6 Å². The van der Waals surface area contributed by atoms with Crippen molar-refractivity contribution < 1.29 is 14.6 Å². The first-order chi connectivity index (χ1) is 15.8. The molecule has 3 heterocycles. The molecule has 0 fully saturated rings. The van der Waals surface area contributed by atoms with Crippen molar-refractivity contribution in [3.05, 3.63) is 62.5 Å². The number of aryl methyl sites for hydroxylation is 1. The fourth-order valence-electron chi connectivity index (χ4n) is 4.05. The number of methoxy groups -OCH3 is 1. The third kappa shape index (κ3) is 4.56. The van der Waals surface area contributed by atoms with Gasteiger partial charge in [0.1, 0.15) is 5.01 Å². The van der Waals surface area contributed by atoms with Crippen LogP contribution in [0.5, 0.6) is 5.75 Å². The molecule has 1 N–H and O–H groups in total. The molecule has 3 aromatic rings. The fraction of sp³-hybridized carbons (Fsp3) is 0.417. The lowest BCUT2D eigenvalue weighted by molar-refractivity contribution is 0.0570. The summed E-state index contributed by atoms with van der Waals surface area (Å²) in [6.07, 6.45) is 2.88. The molecule has 0 unspecified atom stereocenters. The molecule has 174 valence electrons. The summed E-state index contributed by atoms with van der Waals surface area (Å²) >= 11 is 1.32. The molecule has 0 saturated heterocycles. The zero-order valence-corrected chi connectivity index (χ0v) is 20.1. The molecule has 0 saturated carbocycles. The van der Waals surface area contributed by atoms with Gasteiger partial charge in [0.15, 0.2) is 16.5 Å². The normalized spacial score (nSPS) is 15.8. The van der Waals surface area contributed by atoms with E-state index < -0.39 is 11.2 Å². The zero-order chi connectivity index (χ0) is 23.7. The summed E-state index contributed by atoms with van der Waals surface area (Å²) in [4.78, 5) is 27.8. The number of aromatic nitrogens is 3. The van der Waals surface area contributed by atoms with Gasteiger partial charge in [-0.05, 0) is 32.8 Å². The number of carbonyl (C=O) groups is 1. The van der Waals surface area contributed by atoms with E-state index in [0.29, 0.717) is 31.0 Å². The van der Waals surface area contributed by atoms with Crippen LogP contribution in [0.15, 0.2) is 35.3 Å². The van der Waals surface area contributed by atoms with E-state index in [1.54, 1.807) is 22.8 Å². The number of ether oxygens (including phenoxy) is 1. The predicted molar refractivity (Wildman–Crippen MR) is 127 cm³/mol. The standard InChI is InChI=1S/C24H28N4O4S/c1-14(2)27-12-17(9-10-32-4)28-13-18(21(29)22(30)20(28)24(27)31)23-26-25-19(33-23)11-16-7-5-15(3)6-8-16/h5-8,13-14,17,30H,9-12H2,1-4H3/t17-/m0/s1. The lowest BCUT2D eigenvalue weighted by atomic mass is 10.0. The lowest BCUT2D eigenvalue weighted by Gasteiger charge is -2.38. The van der Waals surface area contributed by atoms with Crippen LogP contribution in [0.1, 0.15) is 52.9 Å². The van der Waals surface area contributed by atoms with Crippen LogP contribution in [0.2, 0.25) is 0 Å². The monoisotopic (exact) mass is 468 g/mol. The summed E-state index contributed by atoms with van der Waals surface area (Å²) in [5, 5.41) is 20.5. The Labute approximate surface area is 196 Å². The van der Waals surface area contributed by atoms with E-state index in [1.807, 2.05) is 45.0 Å². The maximum absolute atomic E-state index is 13.1. The van der Waals surface area contributed by atoms with Crippen molar-refractivity contribution in [3.8, 4) is 16.3 Å². The van der Waals surface area contributed by atoms with Crippen LogP contribution in [0.4, 0.5) is 0 Å². The minimum Gasteiger partial charge on any atom is -0.503 e. The molecule has 1 aromatic carbocycles. The average molecular weight is 469 g/mol. The van der Waals surface area contributed by atoms with E-state index in [-0.39, 0.29) is 29.2 Å². The number of rotatable bonds is 7. The van der Waals surface area contributed by atoms with Crippen LogP contribution >= 0.6 is 11.3 Å². The number of carbonyl (C=O) groups excluding carboxylic acids is 1. The smallest absolute Gasteiger partial charge is 0.274 e. The Bertz CT molecular complexity index is 1220. The largest absolute Gasteiger partial charge is 0.503 e. The Kier molecular flexibility index (Phi) is 6.62. The highest BCUT2D eigenvalue weighted by molar-refractivity contribution is 7.14. The maximum atomic E-state index is 13.1. The average Bonchev–Trinajstić information content (AvgIpc) is 3.24. The van der Waals surface area contributed by atoms with E-state index in [2.05, 4.69) is 10.2 Å². The number of amides is 1. The third-order valence-electron chi connectivity index (χ3n) is 5.93. The summed E-state index contributed by atoms with van der Waals surface area (Å²) < 4.78 is 6.97. The zero-order valence-electron chi connectivity index (χ0n) is 19.2. The Balaban J connectivity index is 1.73. The van der Waals surface area contributed by atoms with Crippen LogP contribution in [0, 0.1) is 6.92 Å². The van der Waals surface area contributed by atoms with Crippen LogP contribution < -0.4 is 5.43 Å². The van der Waals surface area contributed by atoms with Crippen LogP contribution in [0.3, 0.4) is 0 Å². The molecule has 33 heavy (non-hydrogen) atoms. The number of fused-ring (bicyclic) bond motifs is 1. The molecule has 0 bridgehead atoms. The predicted octanol–water partition coefficient (Wildman–Crippen LogP) is 3.41. The molecule has 0 spiro atoms. The quantitative estimate of drug-likeness (QED) is 0.571. The Morgan fingerprint density at radius 3 is 2.61 bits per heavy atom. The second-order valence-electron chi connectivity index (χ2n) is 8.63. The second kappa shape index (κ2) is 9.44. The number of nitrogens with zero attached hydrogens (tertiary/aromatic N) is 4. The molecule has 1 atom stereocenters. The van der Waals surface area contributed by atoms with Gasteiger partial charge in [-0.1, -0.05) is 41.2 Å². The first-order valence-corrected chi connectivity index (χ1v) is 11.8. The van der Waals surface area contributed by atoms with Crippen LogP contribution in [-0.4, -0.2) is 57.0 Å². The molecule has 8 nitrogen and oxygen atoms in total.